The lowest BCUT2D eigenvalue weighted by molar-refractivity contribution is 0.147. The fraction of sp³-hybridized carbons (Fsp3) is 0.379. The molecule has 0 aliphatic heterocycles. The summed E-state index contributed by atoms with van der Waals surface area (Å²) in [6, 6.07) is 10.6. The molecule has 2 aromatic heterocycles. The van der Waals surface area contributed by atoms with E-state index in [9.17, 15) is 14.7 Å². The minimum Gasteiger partial charge on any atom is -0.423 e. The summed E-state index contributed by atoms with van der Waals surface area (Å²) in [7, 11) is 0. The number of benzene rings is 2. The largest absolute Gasteiger partial charge is 0.423 e. The summed E-state index contributed by atoms with van der Waals surface area (Å²) in [5, 5.41) is 13.2. The first kappa shape index (κ1) is 22.3. The van der Waals surface area contributed by atoms with Gasteiger partial charge in [-0.2, -0.15) is 0 Å². The summed E-state index contributed by atoms with van der Waals surface area (Å²) >= 11 is 0. The van der Waals surface area contributed by atoms with Gasteiger partial charge in [-0.1, -0.05) is 24.3 Å². The van der Waals surface area contributed by atoms with Gasteiger partial charge in [0.15, 0.2) is 0 Å². The van der Waals surface area contributed by atoms with E-state index in [2.05, 4.69) is 0 Å². The second-order valence-corrected chi connectivity index (χ2v) is 9.93. The molecule has 6 heteroatoms. The van der Waals surface area contributed by atoms with E-state index >= 15 is 0 Å². The van der Waals surface area contributed by atoms with Crippen LogP contribution in [0.3, 0.4) is 0 Å². The molecule has 4 aromatic rings. The van der Waals surface area contributed by atoms with Crippen molar-refractivity contribution in [3.63, 3.8) is 0 Å². The summed E-state index contributed by atoms with van der Waals surface area (Å²) in [4.78, 5) is 25.0. The van der Waals surface area contributed by atoms with Gasteiger partial charge >= 0.3 is 11.3 Å². The molecule has 0 saturated carbocycles. The molecule has 2 unspecified atom stereocenters. The molecule has 0 amide bonds. The second-order valence-electron chi connectivity index (χ2n) is 9.93. The van der Waals surface area contributed by atoms with Gasteiger partial charge in [0.25, 0.3) is 0 Å². The lowest BCUT2D eigenvalue weighted by atomic mass is 9.85. The molecule has 6 nitrogen and oxygen atoms in total. The molecule has 0 radical (unpaired) electrons. The van der Waals surface area contributed by atoms with Gasteiger partial charge in [0, 0.05) is 27.9 Å². The van der Waals surface area contributed by atoms with Crippen LogP contribution in [0.4, 0.5) is 0 Å². The Labute approximate surface area is 202 Å². The molecule has 0 bridgehead atoms. The standard InChI is InChI=1S/C29H29NO5/c30-22(15-16-7-5-13-23-25(16)17-8-1-3-10-19(17)28(32)34-23)27(31)21-12-6-14-24-26(21)18-9-2-4-11-20(18)29(33)35-24/h5-7,12-14,22,27,31H,1-4,8-11,15,30H2. The first-order valence-corrected chi connectivity index (χ1v) is 12.6. The Morgan fingerprint density at radius 1 is 0.743 bits per heavy atom. The molecule has 2 atom stereocenters. The van der Waals surface area contributed by atoms with Crippen LogP contribution in [-0.4, -0.2) is 11.1 Å². The Bertz CT molecular complexity index is 1560. The molecule has 2 aliphatic carbocycles. The van der Waals surface area contributed by atoms with E-state index in [1.807, 2.05) is 24.3 Å². The monoisotopic (exact) mass is 471 g/mol. The maximum atomic E-state index is 12.5. The molecule has 0 spiro atoms. The van der Waals surface area contributed by atoms with Crippen molar-refractivity contribution >= 4 is 21.9 Å². The predicted molar refractivity (Wildman–Crippen MR) is 135 cm³/mol. The van der Waals surface area contributed by atoms with Crippen molar-refractivity contribution in [2.45, 2.75) is 69.9 Å². The highest BCUT2D eigenvalue weighted by molar-refractivity contribution is 5.86. The van der Waals surface area contributed by atoms with E-state index in [1.165, 1.54) is 0 Å². The topological polar surface area (TPSA) is 107 Å². The molecule has 0 saturated heterocycles. The van der Waals surface area contributed by atoms with Crippen LogP contribution in [-0.2, 0) is 32.1 Å². The SMILES string of the molecule is NC(Cc1cccc2oc(=O)c3c(c12)CCCC3)C(O)c1cccc2oc(=O)c3c(c12)CCCC3. The van der Waals surface area contributed by atoms with Crippen LogP contribution in [0.5, 0.6) is 0 Å². The quantitative estimate of drug-likeness (QED) is 0.431. The zero-order valence-corrected chi connectivity index (χ0v) is 19.6. The third-order valence-electron chi connectivity index (χ3n) is 7.79. The smallest absolute Gasteiger partial charge is 0.339 e. The van der Waals surface area contributed by atoms with Gasteiger partial charge in [0.2, 0.25) is 0 Å². The van der Waals surface area contributed by atoms with Crippen LogP contribution in [0.15, 0.2) is 54.8 Å². The maximum absolute atomic E-state index is 12.5. The van der Waals surface area contributed by atoms with Crippen LogP contribution in [0.1, 0.15) is 65.2 Å². The van der Waals surface area contributed by atoms with Crippen molar-refractivity contribution in [3.05, 3.63) is 90.6 Å². The van der Waals surface area contributed by atoms with Crippen LogP contribution >= 0.6 is 0 Å². The van der Waals surface area contributed by atoms with Gasteiger partial charge < -0.3 is 19.7 Å². The van der Waals surface area contributed by atoms with Gasteiger partial charge in [-0.05, 0) is 92.2 Å². The van der Waals surface area contributed by atoms with Crippen LogP contribution < -0.4 is 17.0 Å². The lowest BCUT2D eigenvalue weighted by Gasteiger charge is -2.24. The zero-order chi connectivity index (χ0) is 24.1. The molecule has 2 aromatic carbocycles. The second kappa shape index (κ2) is 8.77. The number of hydrogen-bond acceptors (Lipinski definition) is 6. The van der Waals surface area contributed by atoms with Crippen LogP contribution in [0, 0.1) is 0 Å². The van der Waals surface area contributed by atoms with Gasteiger partial charge in [0.1, 0.15) is 11.2 Å². The zero-order valence-electron chi connectivity index (χ0n) is 19.6. The highest BCUT2D eigenvalue weighted by Crippen LogP contribution is 2.35. The fourth-order valence-corrected chi connectivity index (χ4v) is 6.11. The lowest BCUT2D eigenvalue weighted by Crippen LogP contribution is -2.31. The Morgan fingerprint density at radius 2 is 1.26 bits per heavy atom. The van der Waals surface area contributed by atoms with E-state index in [0.29, 0.717) is 29.6 Å². The van der Waals surface area contributed by atoms with Crippen LogP contribution in [0.25, 0.3) is 21.9 Å². The fourth-order valence-electron chi connectivity index (χ4n) is 6.11. The van der Waals surface area contributed by atoms with Crippen molar-refractivity contribution in [3.8, 4) is 0 Å². The first-order valence-electron chi connectivity index (χ1n) is 12.6. The van der Waals surface area contributed by atoms with E-state index in [0.717, 1.165) is 83.5 Å². The van der Waals surface area contributed by atoms with Crippen molar-refractivity contribution in [2.75, 3.05) is 0 Å². The molecule has 180 valence electrons. The number of fused-ring (bicyclic) bond motifs is 6. The third kappa shape index (κ3) is 3.72. The van der Waals surface area contributed by atoms with Gasteiger partial charge in [0.05, 0.1) is 6.10 Å². The molecular weight excluding hydrogens is 442 g/mol. The number of aliphatic hydroxyl groups excluding tert-OH is 1. The minimum atomic E-state index is -0.945. The summed E-state index contributed by atoms with van der Waals surface area (Å²) in [5.41, 5.74) is 12.5. The normalized spacial score (nSPS) is 17.2. The highest BCUT2D eigenvalue weighted by Gasteiger charge is 2.27. The molecular formula is C29H29NO5. The van der Waals surface area contributed by atoms with Crippen molar-refractivity contribution in [1.29, 1.82) is 0 Å². The van der Waals surface area contributed by atoms with Gasteiger partial charge in [-0.15, -0.1) is 0 Å². The summed E-state index contributed by atoms with van der Waals surface area (Å²) < 4.78 is 11.3. The Morgan fingerprint density at radius 3 is 1.89 bits per heavy atom. The van der Waals surface area contributed by atoms with Crippen molar-refractivity contribution in [1.82, 2.24) is 0 Å². The summed E-state index contributed by atoms with van der Waals surface area (Å²) in [6.07, 6.45) is 6.58. The van der Waals surface area contributed by atoms with Crippen LogP contribution in [0.2, 0.25) is 0 Å². The average Bonchev–Trinajstić information content (AvgIpc) is 2.88. The van der Waals surface area contributed by atoms with E-state index in [1.54, 1.807) is 12.1 Å². The summed E-state index contributed by atoms with van der Waals surface area (Å²) in [5.74, 6) is 0. The van der Waals surface area contributed by atoms with Gasteiger partial charge in [-0.25, -0.2) is 9.59 Å². The molecule has 6 rings (SSSR count). The Balaban J connectivity index is 1.42. The molecule has 2 heterocycles. The third-order valence-corrected chi connectivity index (χ3v) is 7.79. The Kier molecular flexibility index (Phi) is 5.58. The molecule has 0 fully saturated rings. The number of hydrogen-bond donors (Lipinski definition) is 2. The van der Waals surface area contributed by atoms with Crippen molar-refractivity contribution < 1.29 is 13.9 Å². The number of aliphatic hydroxyl groups is 1. The van der Waals surface area contributed by atoms with E-state index in [4.69, 9.17) is 14.6 Å². The number of aryl methyl sites for hydroxylation is 2. The predicted octanol–water partition coefficient (Wildman–Crippen LogP) is 4.26. The van der Waals surface area contributed by atoms with E-state index in [-0.39, 0.29) is 11.3 Å². The molecule has 35 heavy (non-hydrogen) atoms. The minimum absolute atomic E-state index is 0.240. The summed E-state index contributed by atoms with van der Waals surface area (Å²) in [6.45, 7) is 0. The Hall–Kier alpha value is -3.22. The first-order chi connectivity index (χ1) is 17.0. The maximum Gasteiger partial charge on any atom is 0.339 e. The average molecular weight is 472 g/mol. The molecule has 3 N–H and O–H groups in total. The van der Waals surface area contributed by atoms with Gasteiger partial charge in [-0.3, -0.25) is 0 Å². The molecule has 2 aliphatic rings. The number of rotatable bonds is 4. The number of nitrogens with two attached hydrogens (primary N) is 1. The van der Waals surface area contributed by atoms with E-state index < -0.39 is 12.1 Å². The van der Waals surface area contributed by atoms with Crippen molar-refractivity contribution in [2.24, 2.45) is 5.73 Å². The highest BCUT2D eigenvalue weighted by atomic mass is 16.4.